The number of rotatable bonds is 0. The number of carbonyl (C=O) groups excluding carboxylic acids is 1. The second-order valence-electron chi connectivity index (χ2n) is 2.22. The number of nitrogens with one attached hydrogen (secondary N) is 1. The highest BCUT2D eigenvalue weighted by Gasteiger charge is 2.21. The van der Waals surface area contributed by atoms with Crippen molar-refractivity contribution < 1.29 is 9.90 Å². The molecule has 0 aliphatic carbocycles. The Morgan fingerprint density at radius 1 is 1.45 bits per heavy atom. The van der Waals surface area contributed by atoms with Crippen molar-refractivity contribution in [3.8, 4) is 5.75 Å². The number of hydrogen-bond donors (Lipinski definition) is 2. The molecule has 4 heteroatoms. The van der Waals surface area contributed by atoms with Crippen LogP contribution in [0.3, 0.4) is 0 Å². The fraction of sp³-hybridized carbons (Fsp3) is 0. The molecule has 0 aromatic heterocycles. The molecule has 2 amide bonds. The minimum absolute atomic E-state index is 0.0286. The number of benzene rings is 1. The lowest BCUT2D eigenvalue weighted by Crippen LogP contribution is -2.08. The Hall–Kier alpha value is -1.71. The summed E-state index contributed by atoms with van der Waals surface area (Å²) in [6.07, 6.45) is 0. The Kier molecular flexibility index (Phi) is 1.03. The van der Waals surface area contributed by atoms with Crippen molar-refractivity contribution in [3.63, 3.8) is 0 Å². The van der Waals surface area contributed by atoms with Gasteiger partial charge >= 0.3 is 6.03 Å². The van der Waals surface area contributed by atoms with Gasteiger partial charge in [-0.1, -0.05) is 6.07 Å². The average molecular weight is 149 g/mol. The molecule has 1 aromatic carbocycles. The predicted molar refractivity (Wildman–Crippen MR) is 38.9 cm³/mol. The summed E-state index contributed by atoms with van der Waals surface area (Å²) >= 11 is 0. The monoisotopic (exact) mass is 149 g/mol. The van der Waals surface area contributed by atoms with E-state index in [0.717, 1.165) is 0 Å². The first-order valence-electron chi connectivity index (χ1n) is 3.12. The SMILES string of the molecule is O=C1[N]c2c(O)cccc2N1. The smallest absolute Gasteiger partial charge is 0.346 e. The zero-order valence-electron chi connectivity index (χ0n) is 5.53. The van der Waals surface area contributed by atoms with Crippen LogP contribution in [0, 0.1) is 0 Å². The summed E-state index contributed by atoms with van der Waals surface area (Å²) in [6, 6.07) is 4.39. The van der Waals surface area contributed by atoms with Crippen LogP contribution in [-0.4, -0.2) is 11.1 Å². The van der Waals surface area contributed by atoms with Gasteiger partial charge in [-0.3, -0.25) is 0 Å². The molecule has 0 spiro atoms. The van der Waals surface area contributed by atoms with Crippen LogP contribution in [0.4, 0.5) is 16.2 Å². The molecule has 1 aromatic rings. The van der Waals surface area contributed by atoms with E-state index in [2.05, 4.69) is 10.6 Å². The number of phenolic OH excluding ortho intramolecular Hbond substituents is 1. The molecule has 0 saturated carbocycles. The maximum absolute atomic E-state index is 10.7. The molecule has 11 heavy (non-hydrogen) atoms. The molecule has 0 bridgehead atoms. The van der Waals surface area contributed by atoms with Gasteiger partial charge in [0.2, 0.25) is 0 Å². The summed E-state index contributed by atoms with van der Waals surface area (Å²) < 4.78 is 0. The van der Waals surface area contributed by atoms with Crippen molar-refractivity contribution in [3.05, 3.63) is 18.2 Å². The Morgan fingerprint density at radius 3 is 3.00 bits per heavy atom. The topological polar surface area (TPSA) is 63.4 Å². The van der Waals surface area contributed by atoms with Crippen molar-refractivity contribution in [1.82, 2.24) is 5.32 Å². The van der Waals surface area contributed by atoms with Crippen LogP contribution < -0.4 is 10.6 Å². The Morgan fingerprint density at radius 2 is 2.27 bits per heavy atom. The first-order chi connectivity index (χ1) is 5.27. The van der Waals surface area contributed by atoms with Crippen LogP contribution in [0.25, 0.3) is 0 Å². The van der Waals surface area contributed by atoms with Crippen molar-refractivity contribution >= 4 is 17.4 Å². The number of anilines is 1. The van der Waals surface area contributed by atoms with Gasteiger partial charge in [0.15, 0.2) is 0 Å². The van der Waals surface area contributed by atoms with Gasteiger partial charge in [0, 0.05) is 0 Å². The quantitative estimate of drug-likeness (QED) is 0.581. The fourth-order valence-corrected chi connectivity index (χ4v) is 0.994. The Labute approximate surface area is 62.8 Å². The standard InChI is InChI=1S/C7H5N2O2/c10-5-3-1-2-4-6(5)9-7(11)8-4/h1-3,10H,(H,8,11). The number of amides is 2. The van der Waals surface area contributed by atoms with Gasteiger partial charge in [-0.15, -0.1) is 0 Å². The molecule has 1 heterocycles. The summed E-state index contributed by atoms with van der Waals surface area (Å²) in [5.41, 5.74) is 0.896. The molecule has 1 aliphatic rings. The summed E-state index contributed by atoms with van der Waals surface area (Å²) in [4.78, 5) is 10.7. The van der Waals surface area contributed by atoms with E-state index in [4.69, 9.17) is 5.11 Å². The van der Waals surface area contributed by atoms with E-state index in [0.29, 0.717) is 11.4 Å². The Bertz CT molecular complexity index is 322. The van der Waals surface area contributed by atoms with E-state index in [1.807, 2.05) is 0 Å². The van der Waals surface area contributed by atoms with Gasteiger partial charge in [-0.2, -0.15) is 5.32 Å². The molecule has 0 saturated heterocycles. The van der Waals surface area contributed by atoms with Crippen molar-refractivity contribution in [2.24, 2.45) is 0 Å². The number of aromatic hydroxyl groups is 1. The first-order valence-corrected chi connectivity index (χ1v) is 3.12. The van der Waals surface area contributed by atoms with E-state index in [1.165, 1.54) is 6.07 Å². The Balaban J connectivity index is 2.57. The van der Waals surface area contributed by atoms with Gasteiger partial charge in [-0.05, 0) is 12.1 Å². The highest BCUT2D eigenvalue weighted by Crippen LogP contribution is 2.34. The molecule has 0 unspecified atom stereocenters. The maximum Gasteiger partial charge on any atom is 0.346 e. The van der Waals surface area contributed by atoms with Crippen LogP contribution >= 0.6 is 0 Å². The summed E-state index contributed by atoms with van der Waals surface area (Å²) in [5.74, 6) is 0.0286. The lowest BCUT2D eigenvalue weighted by molar-refractivity contribution is 0.256. The number of hydrogen-bond acceptors (Lipinski definition) is 2. The van der Waals surface area contributed by atoms with Gasteiger partial charge < -0.3 is 10.4 Å². The number of carbonyl (C=O) groups is 1. The number of para-hydroxylation sites is 1. The number of nitrogens with zero attached hydrogens (tertiary/aromatic N) is 1. The lowest BCUT2D eigenvalue weighted by atomic mass is 10.2. The van der Waals surface area contributed by atoms with E-state index < -0.39 is 6.03 Å². The second-order valence-corrected chi connectivity index (χ2v) is 2.22. The number of phenols is 1. The summed E-state index contributed by atoms with van der Waals surface area (Å²) in [6.45, 7) is 0. The van der Waals surface area contributed by atoms with E-state index in [-0.39, 0.29) is 5.75 Å². The van der Waals surface area contributed by atoms with Crippen molar-refractivity contribution in [1.29, 1.82) is 0 Å². The molecular formula is C7H5N2O2. The van der Waals surface area contributed by atoms with E-state index >= 15 is 0 Å². The van der Waals surface area contributed by atoms with Crippen molar-refractivity contribution in [2.45, 2.75) is 0 Å². The van der Waals surface area contributed by atoms with Gasteiger partial charge in [0.1, 0.15) is 11.4 Å². The van der Waals surface area contributed by atoms with E-state index in [9.17, 15) is 4.79 Å². The summed E-state index contributed by atoms with van der Waals surface area (Å²) in [7, 11) is 0. The lowest BCUT2D eigenvalue weighted by Gasteiger charge is -1.96. The molecule has 0 atom stereocenters. The molecule has 4 nitrogen and oxygen atoms in total. The van der Waals surface area contributed by atoms with Crippen LogP contribution in [0.1, 0.15) is 0 Å². The fourth-order valence-electron chi connectivity index (χ4n) is 0.994. The minimum atomic E-state index is -0.429. The van der Waals surface area contributed by atoms with Gasteiger partial charge in [0.05, 0.1) is 5.69 Å². The molecule has 2 N–H and O–H groups in total. The zero-order valence-corrected chi connectivity index (χ0v) is 5.53. The van der Waals surface area contributed by atoms with Crippen LogP contribution in [0.15, 0.2) is 18.2 Å². The normalized spacial score (nSPS) is 13.6. The van der Waals surface area contributed by atoms with Crippen LogP contribution in [0.5, 0.6) is 5.75 Å². The largest absolute Gasteiger partial charge is 0.506 e. The minimum Gasteiger partial charge on any atom is -0.506 e. The summed E-state index contributed by atoms with van der Waals surface area (Å²) in [5, 5.41) is 15.2. The number of urea groups is 1. The van der Waals surface area contributed by atoms with Crippen molar-refractivity contribution in [2.75, 3.05) is 5.32 Å². The molecule has 0 fully saturated rings. The average Bonchev–Trinajstić information content (AvgIpc) is 2.31. The predicted octanol–water partition coefficient (Wildman–Crippen LogP) is 1.17. The van der Waals surface area contributed by atoms with Gasteiger partial charge in [-0.25, -0.2) is 4.79 Å². The molecule has 2 rings (SSSR count). The first kappa shape index (κ1) is 6.03. The maximum atomic E-state index is 10.7. The highest BCUT2D eigenvalue weighted by atomic mass is 16.3. The number of fused-ring (bicyclic) bond motifs is 1. The molecule has 55 valence electrons. The highest BCUT2D eigenvalue weighted by molar-refractivity contribution is 6.03. The van der Waals surface area contributed by atoms with Gasteiger partial charge in [0.25, 0.3) is 0 Å². The third-order valence-electron chi connectivity index (χ3n) is 1.47. The second kappa shape index (κ2) is 1.88. The zero-order chi connectivity index (χ0) is 7.84. The van der Waals surface area contributed by atoms with E-state index in [1.54, 1.807) is 12.1 Å². The third-order valence-corrected chi connectivity index (χ3v) is 1.47. The molecular weight excluding hydrogens is 144 g/mol. The van der Waals surface area contributed by atoms with Crippen LogP contribution in [-0.2, 0) is 0 Å². The van der Waals surface area contributed by atoms with Crippen LogP contribution in [0.2, 0.25) is 0 Å². The molecule has 1 radical (unpaired) electrons. The third kappa shape index (κ3) is 0.797. The molecule has 1 aliphatic heterocycles.